The van der Waals surface area contributed by atoms with Gasteiger partial charge in [-0.1, -0.05) is 18.2 Å². The molecule has 1 aromatic rings. The molecule has 1 atom stereocenters. The highest BCUT2D eigenvalue weighted by molar-refractivity contribution is 7.99. The summed E-state index contributed by atoms with van der Waals surface area (Å²) in [4.78, 5) is 28.4. The van der Waals surface area contributed by atoms with Gasteiger partial charge in [-0.2, -0.15) is 5.26 Å². The maximum atomic E-state index is 12.5. The van der Waals surface area contributed by atoms with Gasteiger partial charge in [0.2, 0.25) is 11.8 Å². The number of rotatable bonds is 5. The molecule has 1 saturated heterocycles. The molecule has 0 bridgehead atoms. The lowest BCUT2D eigenvalue weighted by Crippen LogP contribution is -2.48. The van der Waals surface area contributed by atoms with Crippen LogP contribution in [0.5, 0.6) is 0 Å². The van der Waals surface area contributed by atoms with Crippen molar-refractivity contribution in [3.05, 3.63) is 41.5 Å². The van der Waals surface area contributed by atoms with E-state index in [0.29, 0.717) is 35.8 Å². The Bertz CT molecular complexity index is 677. The average Bonchev–Trinajstić information content (AvgIpc) is 3.10. The number of thioether (sulfide) groups is 1. The van der Waals surface area contributed by atoms with Crippen LogP contribution in [0.1, 0.15) is 25.0 Å². The first-order valence-electron chi connectivity index (χ1n) is 7.96. The van der Waals surface area contributed by atoms with Crippen LogP contribution >= 0.6 is 11.8 Å². The van der Waals surface area contributed by atoms with Gasteiger partial charge in [-0.05, 0) is 31.6 Å². The average molecular weight is 343 g/mol. The number of likely N-dealkylation sites (N-methyl/N-ethyl adjacent to an activating group) is 1. The van der Waals surface area contributed by atoms with Gasteiger partial charge in [-0.25, -0.2) is 0 Å². The lowest BCUT2D eigenvalue weighted by atomic mass is 10.1. The number of benzene rings is 1. The van der Waals surface area contributed by atoms with Crippen molar-refractivity contribution in [1.29, 1.82) is 5.26 Å². The number of nitrogens with zero attached hydrogens (tertiary/aromatic N) is 3. The van der Waals surface area contributed by atoms with Gasteiger partial charge < -0.3 is 9.80 Å². The Kier molecular flexibility index (Phi) is 6.44. The van der Waals surface area contributed by atoms with E-state index in [1.165, 1.54) is 6.08 Å². The Morgan fingerprint density at radius 1 is 1.38 bits per heavy atom. The van der Waals surface area contributed by atoms with Crippen LogP contribution in [-0.4, -0.2) is 52.4 Å². The quantitative estimate of drug-likeness (QED) is 0.770. The Balaban J connectivity index is 2.12. The summed E-state index contributed by atoms with van der Waals surface area (Å²) in [5.41, 5.74) is 1.22. The number of hydrogen-bond acceptors (Lipinski definition) is 4. The van der Waals surface area contributed by atoms with Crippen LogP contribution in [0.2, 0.25) is 0 Å². The number of hydrogen-bond donors (Lipinski definition) is 0. The predicted molar refractivity (Wildman–Crippen MR) is 96.1 cm³/mol. The van der Waals surface area contributed by atoms with Crippen LogP contribution in [-0.2, 0) is 9.59 Å². The Hall–Kier alpha value is -2.26. The minimum Gasteiger partial charge on any atom is -0.341 e. The first-order valence-corrected chi connectivity index (χ1v) is 9.12. The fourth-order valence-corrected chi connectivity index (χ4v) is 3.77. The van der Waals surface area contributed by atoms with Crippen molar-refractivity contribution in [1.82, 2.24) is 9.80 Å². The molecule has 2 rings (SSSR count). The molecule has 0 radical (unpaired) electrons. The molecule has 1 fully saturated rings. The van der Waals surface area contributed by atoms with Gasteiger partial charge in [0.15, 0.2) is 0 Å². The third-order valence-electron chi connectivity index (χ3n) is 4.01. The third kappa shape index (κ3) is 3.98. The van der Waals surface area contributed by atoms with E-state index in [9.17, 15) is 9.59 Å². The van der Waals surface area contributed by atoms with Gasteiger partial charge in [-0.3, -0.25) is 9.59 Å². The molecular weight excluding hydrogens is 322 g/mol. The molecule has 1 aliphatic heterocycles. The SMILES string of the molecule is CCN(CC)C(=O)C1CSCN1C(=O)/C=C/c1ccccc1C#N. The molecule has 24 heavy (non-hydrogen) atoms. The van der Waals surface area contributed by atoms with Crippen LogP contribution in [0.3, 0.4) is 0 Å². The highest BCUT2D eigenvalue weighted by Crippen LogP contribution is 2.23. The summed E-state index contributed by atoms with van der Waals surface area (Å²) >= 11 is 1.59. The molecule has 126 valence electrons. The van der Waals surface area contributed by atoms with Gasteiger partial charge in [0.25, 0.3) is 0 Å². The van der Waals surface area contributed by atoms with E-state index in [1.807, 2.05) is 19.9 Å². The lowest BCUT2D eigenvalue weighted by Gasteiger charge is -2.27. The van der Waals surface area contributed by atoms with E-state index >= 15 is 0 Å². The third-order valence-corrected chi connectivity index (χ3v) is 5.02. The maximum absolute atomic E-state index is 12.5. The molecule has 1 aromatic carbocycles. The number of carbonyl (C=O) groups is 2. The molecule has 0 aliphatic carbocycles. The topological polar surface area (TPSA) is 64.4 Å². The lowest BCUT2D eigenvalue weighted by molar-refractivity contribution is -0.140. The number of amides is 2. The Morgan fingerprint density at radius 2 is 2.08 bits per heavy atom. The van der Waals surface area contributed by atoms with Crippen molar-refractivity contribution >= 4 is 29.7 Å². The smallest absolute Gasteiger partial charge is 0.247 e. The summed E-state index contributed by atoms with van der Waals surface area (Å²) in [7, 11) is 0. The Morgan fingerprint density at radius 3 is 2.75 bits per heavy atom. The van der Waals surface area contributed by atoms with Gasteiger partial charge in [0, 0.05) is 24.9 Å². The van der Waals surface area contributed by atoms with Crippen molar-refractivity contribution in [2.45, 2.75) is 19.9 Å². The molecule has 0 spiro atoms. The van der Waals surface area contributed by atoms with Gasteiger partial charge >= 0.3 is 0 Å². The minimum atomic E-state index is -0.404. The van der Waals surface area contributed by atoms with Gasteiger partial charge in [-0.15, -0.1) is 11.8 Å². The molecule has 0 aromatic heterocycles. The van der Waals surface area contributed by atoms with Crippen LogP contribution in [0.25, 0.3) is 6.08 Å². The summed E-state index contributed by atoms with van der Waals surface area (Å²) in [6.45, 7) is 5.16. The van der Waals surface area contributed by atoms with Crippen molar-refractivity contribution in [3.63, 3.8) is 0 Å². The second-order valence-corrected chi connectivity index (χ2v) is 6.37. The molecule has 6 heteroatoms. The van der Waals surface area contributed by atoms with Crippen LogP contribution in [0.4, 0.5) is 0 Å². The summed E-state index contributed by atoms with van der Waals surface area (Å²) in [5.74, 6) is 0.951. The van der Waals surface area contributed by atoms with Crippen LogP contribution in [0, 0.1) is 11.3 Å². The zero-order valence-corrected chi connectivity index (χ0v) is 14.8. The fraction of sp³-hybridized carbons (Fsp3) is 0.389. The highest BCUT2D eigenvalue weighted by atomic mass is 32.2. The second-order valence-electron chi connectivity index (χ2n) is 5.37. The first-order chi connectivity index (χ1) is 11.6. The second kappa shape index (κ2) is 8.55. The van der Waals surface area contributed by atoms with Crippen molar-refractivity contribution < 1.29 is 9.59 Å². The molecular formula is C18H21N3O2S. The minimum absolute atomic E-state index is 0.00387. The molecule has 0 saturated carbocycles. The largest absolute Gasteiger partial charge is 0.341 e. The van der Waals surface area contributed by atoms with E-state index < -0.39 is 6.04 Å². The van der Waals surface area contributed by atoms with E-state index in [0.717, 1.165) is 0 Å². The van der Waals surface area contributed by atoms with Crippen molar-refractivity contribution in [3.8, 4) is 6.07 Å². The molecule has 5 nitrogen and oxygen atoms in total. The Labute approximate surface area is 146 Å². The molecule has 0 N–H and O–H groups in total. The molecule has 1 aliphatic rings. The van der Waals surface area contributed by atoms with Crippen LogP contribution < -0.4 is 0 Å². The number of carbonyl (C=O) groups excluding carboxylic acids is 2. The highest BCUT2D eigenvalue weighted by Gasteiger charge is 2.35. The molecule has 1 unspecified atom stereocenters. The summed E-state index contributed by atoms with van der Waals surface area (Å²) in [5, 5.41) is 9.09. The summed E-state index contributed by atoms with van der Waals surface area (Å²) in [6, 6.07) is 8.81. The summed E-state index contributed by atoms with van der Waals surface area (Å²) in [6.07, 6.45) is 3.09. The standard InChI is InChI=1S/C18H21N3O2S/c1-3-20(4-2)18(23)16-12-24-13-21(16)17(22)10-9-14-7-5-6-8-15(14)11-19/h5-10,16H,3-4,12-13H2,1-2H3/b10-9+. The normalized spacial score (nSPS) is 17.0. The van der Waals surface area contributed by atoms with E-state index in [1.54, 1.807) is 45.8 Å². The van der Waals surface area contributed by atoms with Crippen molar-refractivity contribution in [2.24, 2.45) is 0 Å². The van der Waals surface area contributed by atoms with Crippen molar-refractivity contribution in [2.75, 3.05) is 24.7 Å². The summed E-state index contributed by atoms with van der Waals surface area (Å²) < 4.78 is 0. The van der Waals surface area contributed by atoms with Crippen LogP contribution in [0.15, 0.2) is 30.3 Å². The monoisotopic (exact) mass is 343 g/mol. The molecule has 2 amide bonds. The van der Waals surface area contributed by atoms with Gasteiger partial charge in [0.05, 0.1) is 17.5 Å². The number of nitriles is 1. The van der Waals surface area contributed by atoms with E-state index in [-0.39, 0.29) is 11.8 Å². The predicted octanol–water partition coefficient (Wildman–Crippen LogP) is 2.34. The molecule has 1 heterocycles. The maximum Gasteiger partial charge on any atom is 0.247 e. The zero-order chi connectivity index (χ0) is 17.5. The first kappa shape index (κ1) is 18.1. The van der Waals surface area contributed by atoms with E-state index in [4.69, 9.17) is 5.26 Å². The fourth-order valence-electron chi connectivity index (χ4n) is 2.61. The van der Waals surface area contributed by atoms with Gasteiger partial charge in [0.1, 0.15) is 6.04 Å². The van der Waals surface area contributed by atoms with E-state index in [2.05, 4.69) is 6.07 Å². The zero-order valence-electron chi connectivity index (χ0n) is 13.9.